The highest BCUT2D eigenvalue weighted by molar-refractivity contribution is 6.39. The zero-order chi connectivity index (χ0) is 75.4. The van der Waals surface area contributed by atoms with Crippen LogP contribution < -0.4 is 9.80 Å². The largest absolute Gasteiger partial charge is 0.480 e. The normalized spacial score (nSPS) is 32.3. The summed E-state index contributed by atoms with van der Waals surface area (Å²) in [6.07, 6.45) is 16.9. The molecule has 2 bridgehead atoms. The van der Waals surface area contributed by atoms with Crippen molar-refractivity contribution in [2.75, 3.05) is 103 Å². The number of carboxylic acid groups (broad SMARTS) is 1. The average Bonchev–Trinajstić information content (AvgIpc) is 0.772. The molecular weight excluding hydrogens is 1340 g/mol. The summed E-state index contributed by atoms with van der Waals surface area (Å²) in [4.78, 5) is 138. The van der Waals surface area contributed by atoms with Crippen molar-refractivity contribution < 1.29 is 86.8 Å². The van der Waals surface area contributed by atoms with E-state index in [4.69, 9.17) is 33.2 Å². The highest BCUT2D eigenvalue weighted by atomic mass is 16.6. The lowest BCUT2D eigenvalue weighted by Gasteiger charge is -2.42. The van der Waals surface area contributed by atoms with Gasteiger partial charge in [0.25, 0.3) is 11.7 Å². The number of amides is 2. The summed E-state index contributed by atoms with van der Waals surface area (Å²) in [7, 11) is 4.48. The molecule has 6 aliphatic rings. The zero-order valence-corrected chi connectivity index (χ0v) is 62.8. The molecule has 1 saturated carbocycles. The highest BCUT2D eigenvalue weighted by Crippen LogP contribution is 2.39. The second kappa shape index (κ2) is 39.4. The predicted octanol–water partition coefficient (Wildman–Crippen LogP) is 6.58. The predicted molar refractivity (Wildman–Crippen MR) is 386 cm³/mol. The van der Waals surface area contributed by atoms with Gasteiger partial charge >= 0.3 is 17.9 Å². The van der Waals surface area contributed by atoms with E-state index in [2.05, 4.69) is 29.7 Å². The van der Waals surface area contributed by atoms with Gasteiger partial charge in [-0.25, -0.2) is 29.5 Å². The summed E-state index contributed by atoms with van der Waals surface area (Å²) >= 11 is 0. The number of fused-ring (bicyclic) bond motifs is 3. The maximum atomic E-state index is 14.8. The van der Waals surface area contributed by atoms with Crippen molar-refractivity contribution in [2.45, 2.75) is 212 Å². The van der Waals surface area contributed by atoms with Crippen LogP contribution >= 0.6 is 0 Å². The minimum Gasteiger partial charge on any atom is -0.480 e. The summed E-state index contributed by atoms with van der Waals surface area (Å²) in [5.41, 5.74) is 2.86. The van der Waals surface area contributed by atoms with Gasteiger partial charge in [-0.3, -0.25) is 33.7 Å². The first-order valence-corrected chi connectivity index (χ1v) is 37.3. The van der Waals surface area contributed by atoms with E-state index in [-0.39, 0.29) is 94.1 Å². The number of rotatable bonds is 19. The van der Waals surface area contributed by atoms with Crippen LogP contribution in [0.25, 0.3) is 0 Å². The number of aromatic nitrogens is 4. The summed E-state index contributed by atoms with van der Waals surface area (Å²) < 4.78 is 42.0. The first-order chi connectivity index (χ1) is 49.7. The van der Waals surface area contributed by atoms with Crippen LogP contribution in [0, 0.1) is 42.4 Å². The van der Waals surface area contributed by atoms with E-state index >= 15 is 0 Å². The molecule has 27 nitrogen and oxygen atoms in total. The van der Waals surface area contributed by atoms with Gasteiger partial charge in [0.2, 0.25) is 23.6 Å². The zero-order valence-electron chi connectivity index (χ0n) is 62.8. The number of nitrogens with zero attached hydrogens (tertiary/aromatic N) is 9. The minimum atomic E-state index is -2.49. The highest BCUT2D eigenvalue weighted by Gasteiger charge is 2.53. The number of anilines is 2. The van der Waals surface area contributed by atoms with E-state index in [1.54, 1.807) is 65.3 Å². The number of allylic oxidation sites excluding steroid dienone is 6. The number of aryl methyl sites for hydroxylation is 2. The van der Waals surface area contributed by atoms with Crippen LogP contribution in [0.4, 0.5) is 11.9 Å². The number of piperazine rings is 2. The van der Waals surface area contributed by atoms with Gasteiger partial charge in [-0.2, -0.15) is 0 Å². The molecule has 2 amide bonds. The van der Waals surface area contributed by atoms with E-state index in [1.807, 2.05) is 70.5 Å². The lowest BCUT2D eigenvalue weighted by molar-refractivity contribution is -0.265. The molecular formula is C77H113N9O18. The van der Waals surface area contributed by atoms with Gasteiger partial charge < -0.3 is 68.1 Å². The van der Waals surface area contributed by atoms with Crippen molar-refractivity contribution in [3.05, 3.63) is 83.5 Å². The molecule has 0 radical (unpaired) electrons. The Hall–Kier alpha value is -7.24. The van der Waals surface area contributed by atoms with E-state index in [0.717, 1.165) is 43.3 Å². The third kappa shape index (κ3) is 22.4. The molecule has 0 aromatic carbocycles. The van der Waals surface area contributed by atoms with Crippen LogP contribution in [0.2, 0.25) is 0 Å². The molecule has 8 rings (SSSR count). The topological polar surface area (TPSA) is 330 Å². The molecule has 2 aromatic rings. The van der Waals surface area contributed by atoms with Crippen molar-refractivity contribution in [3.8, 4) is 0 Å². The number of piperidine rings is 1. The lowest BCUT2D eigenvalue weighted by Crippen LogP contribution is -2.61. The van der Waals surface area contributed by atoms with Crippen molar-refractivity contribution in [2.24, 2.45) is 35.5 Å². The van der Waals surface area contributed by atoms with Crippen molar-refractivity contribution >= 4 is 59.0 Å². The minimum absolute atomic E-state index is 0.00947. The Morgan fingerprint density at radius 3 is 2.13 bits per heavy atom. The van der Waals surface area contributed by atoms with Crippen LogP contribution in [0.3, 0.4) is 0 Å². The quantitative estimate of drug-likeness (QED) is 0.0578. The van der Waals surface area contributed by atoms with Crippen LogP contribution in [-0.4, -0.2) is 251 Å². The van der Waals surface area contributed by atoms with Gasteiger partial charge in [0.1, 0.15) is 42.3 Å². The maximum absolute atomic E-state index is 14.8. The number of methoxy groups -OCH3 is 3. The van der Waals surface area contributed by atoms with Gasteiger partial charge in [0.05, 0.1) is 44.5 Å². The van der Waals surface area contributed by atoms with E-state index in [0.29, 0.717) is 94.6 Å². The molecule has 5 aliphatic heterocycles. The molecule has 16 atom stereocenters. The van der Waals surface area contributed by atoms with Crippen molar-refractivity contribution in [3.63, 3.8) is 0 Å². The second-order valence-electron chi connectivity index (χ2n) is 29.6. The number of ketones is 3. The molecule has 5 fully saturated rings. The molecule has 0 unspecified atom stereocenters. The van der Waals surface area contributed by atoms with Gasteiger partial charge in [0, 0.05) is 135 Å². The Balaban J connectivity index is 0.866. The number of aliphatic carboxylic acids is 1. The Morgan fingerprint density at radius 2 is 1.44 bits per heavy atom. The molecule has 3 N–H and O–H groups in total. The monoisotopic (exact) mass is 1450 g/mol. The Morgan fingerprint density at radius 1 is 0.740 bits per heavy atom. The van der Waals surface area contributed by atoms with Crippen molar-refractivity contribution in [1.82, 2.24) is 34.6 Å². The fourth-order valence-corrected chi connectivity index (χ4v) is 15.1. The van der Waals surface area contributed by atoms with Gasteiger partial charge in [0.15, 0.2) is 5.78 Å². The summed E-state index contributed by atoms with van der Waals surface area (Å²) in [5.74, 6) is -9.66. The number of esters is 2. The summed E-state index contributed by atoms with van der Waals surface area (Å²) in [6.45, 7) is 19.5. The Labute approximate surface area is 612 Å². The third-order valence-corrected chi connectivity index (χ3v) is 21.7. The Bertz CT molecular complexity index is 3340. The van der Waals surface area contributed by atoms with Crippen LogP contribution in [-0.2, 0) is 77.9 Å². The molecule has 104 heavy (non-hydrogen) atoms. The average molecular weight is 1450 g/mol. The molecule has 1 aliphatic carbocycles. The number of hydrogen-bond donors (Lipinski definition) is 3. The third-order valence-electron chi connectivity index (χ3n) is 21.7. The van der Waals surface area contributed by atoms with Gasteiger partial charge in [-0.05, 0) is 131 Å². The number of cyclic esters (lactones) is 1. The summed E-state index contributed by atoms with van der Waals surface area (Å²) in [6, 6.07) is -2.35. The molecule has 27 heteroatoms. The number of carbonyl (C=O) groups is 8. The van der Waals surface area contributed by atoms with Crippen LogP contribution in [0.15, 0.2) is 72.4 Å². The lowest BCUT2D eigenvalue weighted by atomic mass is 9.78. The van der Waals surface area contributed by atoms with Gasteiger partial charge in [-0.1, -0.05) is 71.1 Å². The number of aliphatic hydroxyl groups is 2. The molecule has 0 spiro atoms. The van der Waals surface area contributed by atoms with Gasteiger partial charge in [-0.15, -0.1) is 0 Å². The van der Waals surface area contributed by atoms with Crippen LogP contribution in [0.1, 0.15) is 149 Å². The fraction of sp³-hybridized carbons (Fsp3) is 0.688. The van der Waals surface area contributed by atoms with Crippen molar-refractivity contribution in [1.29, 1.82) is 0 Å². The number of ether oxygens (including phenoxy) is 7. The van der Waals surface area contributed by atoms with Crippen LogP contribution in [0.5, 0.6) is 0 Å². The number of hydrogen-bond acceptors (Lipinski definition) is 24. The SMILES string of the molecule is CO[C@H]1C[C@@H]2CC[C@@H](C)[C@@](O)(O2)C(=O)C(=O)N2CCCC[C@H]2C(=O)O[C@H]([C@H](C)C[C@@H]2CC[C@@H](OC(=O)CCc3cnc(N4CCN(C(=O)CCOCCN5CCN(c6ncc(C)cn6)CC5)[C@@H](C(=O)O)C4)nc3)[C@H](OC)C2)CC(=O)[C@H](C)/C=C(\C)[C@@H](O)[C@@H](OC)C(=O)[C@H](C)C[C@H](C)/C=C/C=C/C=C/1C. The van der Waals surface area contributed by atoms with E-state index < -0.39 is 114 Å². The Kier molecular flexibility index (Phi) is 31.2. The molecule has 574 valence electrons. The number of carbonyl (C=O) groups excluding carboxylic acids is 7. The fourth-order valence-electron chi connectivity index (χ4n) is 15.1. The van der Waals surface area contributed by atoms with E-state index in [9.17, 15) is 53.7 Å². The first kappa shape index (κ1) is 82.4. The first-order valence-electron chi connectivity index (χ1n) is 37.3. The smallest absolute Gasteiger partial charge is 0.329 e. The van der Waals surface area contributed by atoms with E-state index in [1.165, 1.54) is 16.9 Å². The number of aliphatic hydroxyl groups excluding tert-OH is 1. The standard InChI is InChI=1S/C77H113N9O18/c1-48-17-13-12-14-18-50(3)63(98-9)41-58-23-20-55(8)77(97,104-58)71(92)72(93)86-27-16-15-19-59(86)74(96)103-64(42-61(87)51(4)38-54(7)69(91)70(100-11)68(90)53(6)37-48)52(5)39-56-21-24-62(65(40-56)99-10)102-67(89)25-22-57-45-80-76(81-46-57)84-32-33-85(60(47-84)73(94)95)66(88)26-35-101-36-34-82-28-30-83(31-29-82)75-78-43-49(2)44-79-75/h12-14,17-18,38,43-46,48,51-53,55-56,58-60,62-65,69-70,91,97H,15-16,19-37,39-42,47H2,1-11H3,(H,94,95)/b14-12+,17-13+,50-18+,54-38+/t48-,51-,52-,53-,55-,56+,58+,59+,60-,62-,63+,64+,65-,69-,70+,77-/m1/s1. The summed E-state index contributed by atoms with van der Waals surface area (Å²) in [5, 5.41) is 34.0. The number of carboxylic acids is 1. The second-order valence-corrected chi connectivity index (χ2v) is 29.6. The molecule has 7 heterocycles. The maximum Gasteiger partial charge on any atom is 0.329 e. The number of Topliss-reactive ketones (excluding diaryl/α,β-unsaturated/α-hetero) is 3. The molecule has 4 saturated heterocycles. The molecule has 2 aromatic heterocycles.